The van der Waals surface area contributed by atoms with Crippen LogP contribution < -0.4 is 20.4 Å². The molecule has 0 aromatic heterocycles. The molecule has 0 fully saturated rings. The standard InChI is InChI=1S/4C7H6O3.C6H6O.2Ca/c4*8-6-4-2-1-3-5(6)7(9)10;7-6-4-2-1-3-5-6;;/h4*1-4,8H,(H,9,10);1-5,7H;;/q;;;;;2*+2/p-4. The van der Waals surface area contributed by atoms with Crippen molar-refractivity contribution in [1.82, 2.24) is 0 Å². The van der Waals surface area contributed by atoms with E-state index in [-0.39, 0.29) is 121 Å². The summed E-state index contributed by atoms with van der Waals surface area (Å²) in [6.07, 6.45) is 0. The Bertz CT molecular complexity index is 1540. The smallest absolute Gasteiger partial charge is 0.545 e. The van der Waals surface area contributed by atoms with Crippen LogP contribution in [0.5, 0.6) is 28.7 Å². The predicted molar refractivity (Wildman–Crippen MR) is 169 cm³/mol. The van der Waals surface area contributed by atoms with Crippen LogP contribution in [-0.2, 0) is 0 Å². The van der Waals surface area contributed by atoms with Gasteiger partial charge in [0.05, 0.1) is 23.9 Å². The first-order chi connectivity index (χ1) is 22.3. The number of aromatic carboxylic acids is 4. The molecule has 5 N–H and O–H groups in total. The van der Waals surface area contributed by atoms with Crippen molar-refractivity contribution in [3.8, 4) is 28.7 Å². The topological polar surface area (TPSA) is 262 Å². The van der Waals surface area contributed by atoms with E-state index in [2.05, 4.69) is 0 Å². The third-order valence-electron chi connectivity index (χ3n) is 5.25. The summed E-state index contributed by atoms with van der Waals surface area (Å²) in [5.74, 6) is -6.18. The van der Waals surface area contributed by atoms with Crippen LogP contribution >= 0.6 is 0 Å². The number of carboxylic acids is 4. The monoisotopic (exact) mass is 722 g/mol. The molecule has 0 amide bonds. The van der Waals surface area contributed by atoms with Crippen LogP contribution in [0.3, 0.4) is 0 Å². The van der Waals surface area contributed by atoms with Gasteiger partial charge < -0.3 is 65.1 Å². The minimum atomic E-state index is -1.36. The third kappa shape index (κ3) is 18.6. The molecule has 5 aromatic carbocycles. The molecule has 0 saturated heterocycles. The summed E-state index contributed by atoms with van der Waals surface area (Å²) < 4.78 is 0. The van der Waals surface area contributed by atoms with Gasteiger partial charge in [-0.2, -0.15) is 0 Å². The molecule has 5 aromatic rings. The number of hydrogen-bond donors (Lipinski definition) is 5. The Hall–Kier alpha value is -4.50. The van der Waals surface area contributed by atoms with Gasteiger partial charge in [0.25, 0.3) is 0 Å². The average Bonchev–Trinajstić information content (AvgIpc) is 3.03. The maximum absolute atomic E-state index is 10.2. The summed E-state index contributed by atoms with van der Waals surface area (Å²) in [5.41, 5.74) is -0.713. The van der Waals surface area contributed by atoms with Crippen LogP contribution in [0.25, 0.3) is 0 Å². The Kier molecular flexibility index (Phi) is 24.3. The molecule has 0 unspecified atom stereocenters. The minimum absolute atomic E-state index is 0. The number of rotatable bonds is 4. The molecule has 0 radical (unpaired) electrons. The van der Waals surface area contributed by atoms with Crippen molar-refractivity contribution in [1.29, 1.82) is 0 Å². The molecule has 13 nitrogen and oxygen atoms in total. The molecule has 0 aliphatic heterocycles. The van der Waals surface area contributed by atoms with Gasteiger partial charge in [0.15, 0.2) is 0 Å². The molecular formula is C34H26Ca2O13. The second-order valence-electron chi connectivity index (χ2n) is 8.55. The van der Waals surface area contributed by atoms with Gasteiger partial charge in [0.1, 0.15) is 28.7 Å². The molecule has 15 heteroatoms. The summed E-state index contributed by atoms with van der Waals surface area (Å²) in [4.78, 5) is 40.6. The normalized spacial score (nSPS) is 8.73. The van der Waals surface area contributed by atoms with Crippen LogP contribution in [0.1, 0.15) is 41.4 Å². The Labute approximate surface area is 339 Å². The van der Waals surface area contributed by atoms with Crippen molar-refractivity contribution < 1.29 is 65.1 Å². The number of carboxylic acid groups (broad SMARTS) is 4. The van der Waals surface area contributed by atoms with E-state index in [4.69, 9.17) is 25.5 Å². The summed E-state index contributed by atoms with van der Waals surface area (Å²) in [6, 6.07) is 31.3. The fourth-order valence-electron chi connectivity index (χ4n) is 3.01. The molecule has 0 bridgehead atoms. The first kappa shape index (κ1) is 46.6. The van der Waals surface area contributed by atoms with Crippen molar-refractivity contribution in [2.75, 3.05) is 0 Å². The second kappa shape index (κ2) is 25.5. The fraction of sp³-hybridized carbons (Fsp3) is 0. The number of phenols is 5. The van der Waals surface area contributed by atoms with Gasteiger partial charge in [-0.25, -0.2) is 0 Å². The molecule has 0 aliphatic carbocycles. The van der Waals surface area contributed by atoms with Gasteiger partial charge in [-0.1, -0.05) is 66.7 Å². The number of hydrogen-bond acceptors (Lipinski definition) is 13. The van der Waals surface area contributed by atoms with Crippen LogP contribution in [0.2, 0.25) is 0 Å². The SMILES string of the molecule is O=C([O-])c1ccccc1O.O=C([O-])c1ccccc1O.O=C([O-])c1ccccc1O.O=C([O-])c1ccccc1O.Oc1ccccc1.[Ca+2].[Ca+2]. The first-order valence-corrected chi connectivity index (χ1v) is 13.0. The van der Waals surface area contributed by atoms with Crippen LogP contribution in [-0.4, -0.2) is 125 Å². The Balaban J connectivity index is 0. The molecule has 244 valence electrons. The van der Waals surface area contributed by atoms with Crippen molar-refractivity contribution >= 4 is 99.4 Å². The summed E-state index contributed by atoms with van der Waals surface area (Å²) in [6.45, 7) is 0. The van der Waals surface area contributed by atoms with E-state index in [1.807, 2.05) is 6.07 Å². The van der Waals surface area contributed by atoms with E-state index in [9.17, 15) is 39.6 Å². The zero-order chi connectivity index (χ0) is 35.4. The molecule has 5 rings (SSSR count). The summed E-state index contributed by atoms with van der Waals surface area (Å²) in [5, 5.41) is 84.7. The number of carbonyl (C=O) groups is 4. The molecule has 0 spiro atoms. The molecule has 0 aliphatic rings. The van der Waals surface area contributed by atoms with Crippen LogP contribution in [0.4, 0.5) is 0 Å². The number of carbonyl (C=O) groups excluding carboxylic acids is 4. The van der Waals surface area contributed by atoms with Gasteiger partial charge in [-0.15, -0.1) is 0 Å². The van der Waals surface area contributed by atoms with Gasteiger partial charge >= 0.3 is 75.5 Å². The third-order valence-corrected chi connectivity index (χ3v) is 5.25. The van der Waals surface area contributed by atoms with Crippen molar-refractivity contribution in [2.45, 2.75) is 0 Å². The van der Waals surface area contributed by atoms with Gasteiger partial charge in [0, 0.05) is 22.3 Å². The van der Waals surface area contributed by atoms with E-state index < -0.39 is 23.9 Å². The van der Waals surface area contributed by atoms with Crippen LogP contribution in [0, 0.1) is 0 Å². The van der Waals surface area contributed by atoms with Gasteiger partial charge in [0.2, 0.25) is 0 Å². The second-order valence-corrected chi connectivity index (χ2v) is 8.55. The van der Waals surface area contributed by atoms with Gasteiger partial charge in [-0.05, 0) is 60.7 Å². The summed E-state index contributed by atoms with van der Waals surface area (Å²) in [7, 11) is 0. The minimum Gasteiger partial charge on any atom is -0.545 e. The molecule has 0 saturated carbocycles. The number of benzene rings is 5. The Morgan fingerprint density at radius 2 is 0.510 bits per heavy atom. The van der Waals surface area contributed by atoms with Gasteiger partial charge in [-0.3, -0.25) is 0 Å². The summed E-state index contributed by atoms with van der Waals surface area (Å²) >= 11 is 0. The van der Waals surface area contributed by atoms with Crippen molar-refractivity contribution in [3.05, 3.63) is 150 Å². The van der Waals surface area contributed by atoms with E-state index in [0.717, 1.165) is 0 Å². The number of para-hydroxylation sites is 5. The van der Waals surface area contributed by atoms with Crippen molar-refractivity contribution in [2.24, 2.45) is 0 Å². The number of phenolic OH excluding ortho intramolecular Hbond substituents is 1. The maximum atomic E-state index is 10.2. The Morgan fingerprint density at radius 1 is 0.327 bits per heavy atom. The molecular weight excluding hydrogens is 697 g/mol. The van der Waals surface area contributed by atoms with E-state index in [1.165, 1.54) is 72.8 Å². The van der Waals surface area contributed by atoms with E-state index in [0.29, 0.717) is 5.75 Å². The zero-order valence-corrected chi connectivity index (χ0v) is 30.0. The molecule has 49 heavy (non-hydrogen) atoms. The van der Waals surface area contributed by atoms with Crippen molar-refractivity contribution in [3.63, 3.8) is 0 Å². The van der Waals surface area contributed by atoms with E-state index >= 15 is 0 Å². The largest absolute Gasteiger partial charge is 2.00 e. The predicted octanol–water partition coefficient (Wildman–Crippen LogP) is -0.347. The first-order valence-electron chi connectivity index (χ1n) is 13.0. The van der Waals surface area contributed by atoms with E-state index in [1.54, 1.807) is 48.5 Å². The quantitative estimate of drug-likeness (QED) is 0.149. The zero-order valence-electron chi connectivity index (χ0n) is 25.5. The van der Waals surface area contributed by atoms with Crippen LogP contribution in [0.15, 0.2) is 127 Å². The maximum Gasteiger partial charge on any atom is 2.00 e. The molecule has 0 heterocycles. The fourth-order valence-corrected chi connectivity index (χ4v) is 3.01. The number of aromatic hydroxyl groups is 5. The average molecular weight is 723 g/mol. The Morgan fingerprint density at radius 3 is 0.633 bits per heavy atom. The molecule has 0 atom stereocenters.